The Labute approximate surface area is 144 Å². The predicted molar refractivity (Wildman–Crippen MR) is 95.6 cm³/mol. The largest absolute Gasteiger partial charge is 0.492 e. The van der Waals surface area contributed by atoms with Crippen LogP contribution in [0, 0.1) is 0 Å². The third-order valence-corrected chi connectivity index (χ3v) is 4.81. The van der Waals surface area contributed by atoms with Gasteiger partial charge in [0.2, 0.25) is 11.8 Å². The summed E-state index contributed by atoms with van der Waals surface area (Å²) < 4.78 is 5.50. The number of carbonyl (C=O) groups is 2. The van der Waals surface area contributed by atoms with Gasteiger partial charge in [-0.15, -0.1) is 11.8 Å². The topological polar surface area (TPSA) is 67.4 Å². The minimum atomic E-state index is -0.445. The van der Waals surface area contributed by atoms with Crippen molar-refractivity contribution in [3.8, 4) is 5.75 Å². The van der Waals surface area contributed by atoms with E-state index in [1.807, 2.05) is 43.3 Å². The molecule has 0 bridgehead atoms. The zero-order valence-corrected chi connectivity index (χ0v) is 14.1. The fourth-order valence-corrected chi connectivity index (χ4v) is 3.56. The summed E-state index contributed by atoms with van der Waals surface area (Å²) in [5.74, 6) is 0.264. The molecule has 1 aliphatic rings. The lowest BCUT2D eigenvalue weighted by Crippen LogP contribution is -2.32. The number of thioether (sulfide) groups is 1. The maximum Gasteiger partial charge on any atom is 0.238 e. The fraction of sp³-hybridized carbons (Fsp3) is 0.222. The SMILES string of the molecule is CCOc1ccccc1NC(=O)CC1Sc2ccccc2NC1=O. The van der Waals surface area contributed by atoms with Gasteiger partial charge in [0, 0.05) is 11.3 Å². The average Bonchev–Trinajstić information content (AvgIpc) is 2.57. The van der Waals surface area contributed by atoms with E-state index in [0.717, 1.165) is 10.6 Å². The molecule has 2 amide bonds. The molecule has 2 aromatic carbocycles. The summed E-state index contributed by atoms with van der Waals surface area (Å²) in [6.07, 6.45) is 0.102. The highest BCUT2D eigenvalue weighted by Gasteiger charge is 2.28. The third kappa shape index (κ3) is 3.71. The lowest BCUT2D eigenvalue weighted by atomic mass is 10.2. The average molecular weight is 342 g/mol. The minimum absolute atomic E-state index is 0.102. The van der Waals surface area contributed by atoms with Gasteiger partial charge >= 0.3 is 0 Å². The van der Waals surface area contributed by atoms with Crippen LogP contribution in [-0.4, -0.2) is 23.7 Å². The zero-order valence-electron chi connectivity index (χ0n) is 13.2. The van der Waals surface area contributed by atoms with E-state index in [4.69, 9.17) is 4.74 Å². The Balaban J connectivity index is 1.66. The van der Waals surface area contributed by atoms with E-state index in [2.05, 4.69) is 10.6 Å². The Kier molecular flexibility index (Phi) is 5.05. The van der Waals surface area contributed by atoms with Gasteiger partial charge in [-0.1, -0.05) is 24.3 Å². The van der Waals surface area contributed by atoms with Gasteiger partial charge in [-0.3, -0.25) is 9.59 Å². The summed E-state index contributed by atoms with van der Waals surface area (Å²) in [5, 5.41) is 5.23. The Morgan fingerprint density at radius 1 is 1.21 bits per heavy atom. The van der Waals surface area contributed by atoms with Crippen molar-refractivity contribution < 1.29 is 14.3 Å². The number of fused-ring (bicyclic) bond motifs is 1. The van der Waals surface area contributed by atoms with E-state index in [1.54, 1.807) is 12.1 Å². The van der Waals surface area contributed by atoms with Gasteiger partial charge in [0.05, 0.1) is 23.2 Å². The van der Waals surface area contributed by atoms with Crippen molar-refractivity contribution in [3.63, 3.8) is 0 Å². The first-order chi connectivity index (χ1) is 11.7. The monoisotopic (exact) mass is 342 g/mol. The molecule has 0 radical (unpaired) electrons. The zero-order chi connectivity index (χ0) is 16.9. The Morgan fingerprint density at radius 3 is 2.79 bits per heavy atom. The quantitative estimate of drug-likeness (QED) is 0.872. The molecule has 0 saturated carbocycles. The summed E-state index contributed by atoms with van der Waals surface area (Å²) in [6, 6.07) is 14.8. The number of benzene rings is 2. The molecule has 0 saturated heterocycles. The van der Waals surface area contributed by atoms with E-state index in [1.165, 1.54) is 11.8 Å². The molecule has 1 unspecified atom stereocenters. The highest BCUT2D eigenvalue weighted by atomic mass is 32.2. The molecule has 0 aromatic heterocycles. The Morgan fingerprint density at radius 2 is 1.96 bits per heavy atom. The van der Waals surface area contributed by atoms with E-state index in [-0.39, 0.29) is 18.2 Å². The van der Waals surface area contributed by atoms with Crippen molar-refractivity contribution in [2.24, 2.45) is 0 Å². The lowest BCUT2D eigenvalue weighted by Gasteiger charge is -2.23. The summed E-state index contributed by atoms with van der Waals surface area (Å²) in [4.78, 5) is 25.5. The molecular formula is C18H18N2O3S. The molecule has 2 N–H and O–H groups in total. The van der Waals surface area contributed by atoms with E-state index in [0.29, 0.717) is 18.0 Å². The second-order valence-corrected chi connectivity index (χ2v) is 6.52. The Bertz CT molecular complexity index is 763. The molecule has 1 heterocycles. The van der Waals surface area contributed by atoms with E-state index >= 15 is 0 Å². The van der Waals surface area contributed by atoms with Crippen LogP contribution in [0.3, 0.4) is 0 Å². The maximum absolute atomic E-state index is 12.3. The minimum Gasteiger partial charge on any atom is -0.492 e. The smallest absolute Gasteiger partial charge is 0.238 e. The van der Waals surface area contributed by atoms with Crippen LogP contribution in [0.5, 0.6) is 5.75 Å². The van der Waals surface area contributed by atoms with Crippen LogP contribution >= 0.6 is 11.8 Å². The number of hydrogen-bond acceptors (Lipinski definition) is 4. The first-order valence-corrected chi connectivity index (χ1v) is 8.63. The van der Waals surface area contributed by atoms with Crippen LogP contribution < -0.4 is 15.4 Å². The van der Waals surface area contributed by atoms with Crippen molar-refractivity contribution in [2.45, 2.75) is 23.5 Å². The summed E-state index contributed by atoms with van der Waals surface area (Å²) >= 11 is 1.41. The molecule has 24 heavy (non-hydrogen) atoms. The van der Waals surface area contributed by atoms with Crippen LogP contribution in [-0.2, 0) is 9.59 Å². The van der Waals surface area contributed by atoms with Gasteiger partial charge in [-0.05, 0) is 31.2 Å². The lowest BCUT2D eigenvalue weighted by molar-refractivity contribution is -0.120. The standard InChI is InChI=1S/C18H18N2O3S/c1-2-23-14-9-5-3-7-12(14)19-17(21)11-16-18(22)20-13-8-4-6-10-15(13)24-16/h3-10,16H,2,11H2,1H3,(H,19,21)(H,20,22). The fourth-order valence-electron chi connectivity index (χ4n) is 2.45. The Hall–Kier alpha value is -2.47. The summed E-state index contributed by atoms with van der Waals surface area (Å²) in [6.45, 7) is 2.41. The van der Waals surface area contributed by atoms with E-state index < -0.39 is 5.25 Å². The highest BCUT2D eigenvalue weighted by molar-refractivity contribution is 8.01. The molecule has 0 spiro atoms. The highest BCUT2D eigenvalue weighted by Crippen LogP contribution is 2.36. The van der Waals surface area contributed by atoms with Crippen LogP contribution in [0.1, 0.15) is 13.3 Å². The van der Waals surface area contributed by atoms with Crippen LogP contribution in [0.25, 0.3) is 0 Å². The predicted octanol–water partition coefficient (Wildman–Crippen LogP) is 3.53. The molecule has 0 fully saturated rings. The van der Waals surface area contributed by atoms with Crippen molar-refractivity contribution in [2.75, 3.05) is 17.2 Å². The van der Waals surface area contributed by atoms with Gasteiger partial charge in [-0.25, -0.2) is 0 Å². The van der Waals surface area contributed by atoms with Crippen molar-refractivity contribution in [3.05, 3.63) is 48.5 Å². The molecule has 1 aliphatic heterocycles. The van der Waals surface area contributed by atoms with Crippen molar-refractivity contribution >= 4 is 35.0 Å². The van der Waals surface area contributed by atoms with Crippen LogP contribution in [0.15, 0.2) is 53.4 Å². The maximum atomic E-state index is 12.3. The van der Waals surface area contributed by atoms with Crippen LogP contribution in [0.2, 0.25) is 0 Å². The first kappa shape index (κ1) is 16.4. The number of hydrogen-bond donors (Lipinski definition) is 2. The molecule has 3 rings (SSSR count). The second-order valence-electron chi connectivity index (χ2n) is 5.27. The van der Waals surface area contributed by atoms with Crippen LogP contribution in [0.4, 0.5) is 11.4 Å². The molecular weight excluding hydrogens is 324 g/mol. The normalized spacial score (nSPS) is 16.0. The van der Waals surface area contributed by atoms with Gasteiger partial charge in [0.15, 0.2) is 0 Å². The third-order valence-electron chi connectivity index (χ3n) is 3.54. The van der Waals surface area contributed by atoms with Gasteiger partial charge in [0.25, 0.3) is 0 Å². The first-order valence-electron chi connectivity index (χ1n) is 7.75. The number of para-hydroxylation sites is 3. The second kappa shape index (κ2) is 7.40. The molecule has 124 valence electrons. The number of carbonyl (C=O) groups excluding carboxylic acids is 2. The summed E-state index contributed by atoms with van der Waals surface area (Å²) in [5.41, 5.74) is 1.41. The number of nitrogens with one attached hydrogen (secondary N) is 2. The van der Waals surface area contributed by atoms with Gasteiger partial charge in [-0.2, -0.15) is 0 Å². The number of rotatable bonds is 5. The van der Waals surface area contributed by atoms with Gasteiger partial charge in [0.1, 0.15) is 5.75 Å². The number of anilines is 2. The van der Waals surface area contributed by atoms with Gasteiger partial charge < -0.3 is 15.4 Å². The summed E-state index contributed by atoms with van der Waals surface area (Å²) in [7, 11) is 0. The molecule has 5 nitrogen and oxygen atoms in total. The molecule has 1 atom stereocenters. The van der Waals surface area contributed by atoms with Crippen molar-refractivity contribution in [1.82, 2.24) is 0 Å². The number of amides is 2. The molecule has 6 heteroatoms. The molecule has 0 aliphatic carbocycles. The molecule has 2 aromatic rings. The van der Waals surface area contributed by atoms with E-state index in [9.17, 15) is 9.59 Å². The number of ether oxygens (including phenoxy) is 1. The van der Waals surface area contributed by atoms with Crippen molar-refractivity contribution in [1.29, 1.82) is 0 Å².